The van der Waals surface area contributed by atoms with Crippen molar-refractivity contribution in [3.8, 4) is 28.3 Å². The van der Waals surface area contributed by atoms with Gasteiger partial charge in [0.05, 0.1) is 11.3 Å². The van der Waals surface area contributed by atoms with Gasteiger partial charge in [-0.1, -0.05) is 66.7 Å². The summed E-state index contributed by atoms with van der Waals surface area (Å²) in [7, 11) is 0. The highest BCUT2D eigenvalue weighted by Crippen LogP contribution is 2.41. The van der Waals surface area contributed by atoms with Gasteiger partial charge >= 0.3 is 0 Å². The van der Waals surface area contributed by atoms with Crippen LogP contribution in [0.15, 0.2) is 100 Å². The number of hydrogen-bond acceptors (Lipinski definition) is 3. The Morgan fingerprint density at radius 2 is 1.50 bits per heavy atom. The lowest BCUT2D eigenvalue weighted by Gasteiger charge is -2.06. The minimum atomic E-state index is 0.839. The van der Waals surface area contributed by atoms with Gasteiger partial charge in [-0.05, 0) is 30.5 Å². The highest BCUT2D eigenvalue weighted by Gasteiger charge is 2.23. The summed E-state index contributed by atoms with van der Waals surface area (Å²) >= 11 is 1.68. The first-order valence-electron chi connectivity index (χ1n) is 9.12. The Morgan fingerprint density at radius 3 is 2.21 bits per heavy atom. The van der Waals surface area contributed by atoms with E-state index in [1.165, 1.54) is 0 Å². The zero-order valence-electron chi connectivity index (χ0n) is 15.4. The van der Waals surface area contributed by atoms with Gasteiger partial charge in [0.25, 0.3) is 0 Å². The van der Waals surface area contributed by atoms with Gasteiger partial charge in [-0.2, -0.15) is 5.10 Å². The Labute approximate surface area is 167 Å². The number of fused-ring (bicyclic) bond motifs is 1. The van der Waals surface area contributed by atoms with E-state index >= 15 is 0 Å². The molecule has 0 aliphatic rings. The molecular weight excluding hydrogens is 364 g/mol. The maximum atomic E-state index is 6.24. The molecule has 0 radical (unpaired) electrons. The van der Waals surface area contributed by atoms with Crippen LogP contribution in [0.25, 0.3) is 39.2 Å². The molecule has 0 atom stereocenters. The van der Waals surface area contributed by atoms with Crippen LogP contribution in [0.1, 0.15) is 0 Å². The lowest BCUT2D eigenvalue weighted by Crippen LogP contribution is -1.97. The molecule has 0 unspecified atom stereocenters. The maximum absolute atomic E-state index is 6.24. The van der Waals surface area contributed by atoms with E-state index in [0.717, 1.165) is 44.3 Å². The normalized spacial score (nSPS) is 11.2. The van der Waals surface area contributed by atoms with Gasteiger partial charge in [0.15, 0.2) is 0 Å². The average molecular weight is 382 g/mol. The third-order valence-corrected chi connectivity index (χ3v) is 5.52. The van der Waals surface area contributed by atoms with E-state index in [9.17, 15) is 0 Å². The van der Waals surface area contributed by atoms with Crippen LogP contribution in [0.2, 0.25) is 0 Å². The van der Waals surface area contributed by atoms with Crippen molar-refractivity contribution in [1.29, 1.82) is 0 Å². The van der Waals surface area contributed by atoms with Crippen LogP contribution in [0, 0.1) is 0 Å². The first-order valence-corrected chi connectivity index (χ1v) is 10.3. The van der Waals surface area contributed by atoms with E-state index in [4.69, 9.17) is 9.52 Å². The average Bonchev–Trinajstić information content (AvgIpc) is 3.36. The fraction of sp³-hybridized carbons (Fsp3) is 0.0417. The molecule has 0 aliphatic carbocycles. The minimum absolute atomic E-state index is 0.839. The van der Waals surface area contributed by atoms with E-state index in [2.05, 4.69) is 42.7 Å². The van der Waals surface area contributed by atoms with Crippen molar-refractivity contribution in [1.82, 2.24) is 9.78 Å². The third kappa shape index (κ3) is 2.83. The van der Waals surface area contributed by atoms with Gasteiger partial charge < -0.3 is 4.42 Å². The number of benzene rings is 3. The number of nitrogens with zero attached hydrogens (tertiary/aromatic N) is 2. The summed E-state index contributed by atoms with van der Waals surface area (Å²) in [5.41, 5.74) is 4.94. The fourth-order valence-corrected chi connectivity index (χ4v) is 4.18. The molecule has 0 saturated heterocycles. The summed E-state index contributed by atoms with van der Waals surface area (Å²) in [4.78, 5) is 0. The standard InChI is InChI=1S/C24H18N2OS/c1-28-24-22(21-16-18-12-8-9-15-20(18)27-21)23(17-10-4-2-5-11-17)25-26(24)19-13-6-3-7-14-19/h2-16H,1H3. The van der Waals surface area contributed by atoms with Gasteiger partial charge in [-0.3, -0.25) is 0 Å². The van der Waals surface area contributed by atoms with Gasteiger partial charge in [0.1, 0.15) is 22.1 Å². The van der Waals surface area contributed by atoms with E-state index < -0.39 is 0 Å². The Kier molecular flexibility index (Phi) is 4.26. The minimum Gasteiger partial charge on any atom is -0.456 e. The summed E-state index contributed by atoms with van der Waals surface area (Å²) in [6.07, 6.45) is 2.08. The lowest BCUT2D eigenvalue weighted by atomic mass is 10.1. The Morgan fingerprint density at radius 1 is 0.821 bits per heavy atom. The molecule has 0 N–H and O–H groups in total. The van der Waals surface area contributed by atoms with Crippen LogP contribution >= 0.6 is 11.8 Å². The van der Waals surface area contributed by atoms with E-state index in [1.807, 2.05) is 59.3 Å². The number of furan rings is 1. The quantitative estimate of drug-likeness (QED) is 0.325. The van der Waals surface area contributed by atoms with Gasteiger partial charge in [-0.25, -0.2) is 4.68 Å². The second-order valence-electron chi connectivity index (χ2n) is 6.49. The Balaban J connectivity index is 1.82. The molecule has 0 spiro atoms. The molecule has 0 amide bonds. The molecule has 0 aliphatic heterocycles. The zero-order valence-corrected chi connectivity index (χ0v) is 16.2. The molecular formula is C24H18N2OS. The summed E-state index contributed by atoms with van der Waals surface area (Å²) in [6.45, 7) is 0. The van der Waals surface area contributed by atoms with Crippen molar-refractivity contribution < 1.29 is 4.42 Å². The third-order valence-electron chi connectivity index (χ3n) is 4.76. The molecule has 136 valence electrons. The maximum Gasteiger partial charge on any atom is 0.140 e. The SMILES string of the molecule is CSc1c(-c2cc3ccccc3o2)c(-c2ccccc2)nn1-c1ccccc1. The second-order valence-corrected chi connectivity index (χ2v) is 7.29. The van der Waals surface area contributed by atoms with Crippen molar-refractivity contribution >= 4 is 22.7 Å². The molecule has 0 bridgehead atoms. The van der Waals surface area contributed by atoms with Crippen molar-refractivity contribution in [2.75, 3.05) is 6.26 Å². The number of aromatic nitrogens is 2. The number of para-hydroxylation sites is 2. The van der Waals surface area contributed by atoms with Crippen LogP contribution in [-0.2, 0) is 0 Å². The topological polar surface area (TPSA) is 31.0 Å². The van der Waals surface area contributed by atoms with Crippen molar-refractivity contribution in [2.45, 2.75) is 5.03 Å². The lowest BCUT2D eigenvalue weighted by molar-refractivity contribution is 0.629. The molecule has 2 aromatic heterocycles. The first kappa shape index (κ1) is 16.9. The predicted octanol–water partition coefficient (Wildman–Crippen LogP) is 6.67. The molecule has 5 rings (SSSR count). The second kappa shape index (κ2) is 7.06. The van der Waals surface area contributed by atoms with Crippen LogP contribution in [0.5, 0.6) is 0 Å². The van der Waals surface area contributed by atoms with E-state index in [1.54, 1.807) is 11.8 Å². The van der Waals surface area contributed by atoms with E-state index in [0.29, 0.717) is 0 Å². The van der Waals surface area contributed by atoms with Crippen molar-refractivity contribution in [2.24, 2.45) is 0 Å². The summed E-state index contributed by atoms with van der Waals surface area (Å²) in [5, 5.41) is 7.16. The number of hydrogen-bond donors (Lipinski definition) is 0. The summed E-state index contributed by atoms with van der Waals surface area (Å²) in [5.74, 6) is 0.839. The van der Waals surface area contributed by atoms with Crippen molar-refractivity contribution in [3.63, 3.8) is 0 Å². The van der Waals surface area contributed by atoms with Gasteiger partial charge in [0.2, 0.25) is 0 Å². The predicted molar refractivity (Wildman–Crippen MR) is 116 cm³/mol. The van der Waals surface area contributed by atoms with Crippen LogP contribution in [-0.4, -0.2) is 16.0 Å². The Bertz CT molecular complexity index is 1210. The Hall–Kier alpha value is -3.24. The highest BCUT2D eigenvalue weighted by molar-refractivity contribution is 7.98. The highest BCUT2D eigenvalue weighted by atomic mass is 32.2. The van der Waals surface area contributed by atoms with Crippen molar-refractivity contribution in [3.05, 3.63) is 91.0 Å². The first-order chi connectivity index (χ1) is 13.8. The van der Waals surface area contributed by atoms with Gasteiger partial charge in [0, 0.05) is 10.9 Å². The molecule has 4 heteroatoms. The summed E-state index contributed by atoms with van der Waals surface area (Å²) in [6, 6.07) is 30.7. The molecule has 0 fully saturated rings. The number of rotatable bonds is 4. The monoisotopic (exact) mass is 382 g/mol. The van der Waals surface area contributed by atoms with Crippen LogP contribution in [0.3, 0.4) is 0 Å². The number of thioether (sulfide) groups is 1. The molecule has 3 nitrogen and oxygen atoms in total. The van der Waals surface area contributed by atoms with Crippen LogP contribution < -0.4 is 0 Å². The molecule has 2 heterocycles. The molecule has 0 saturated carbocycles. The fourth-order valence-electron chi connectivity index (χ4n) is 3.46. The smallest absolute Gasteiger partial charge is 0.140 e. The molecule has 28 heavy (non-hydrogen) atoms. The molecule has 3 aromatic carbocycles. The largest absolute Gasteiger partial charge is 0.456 e. The summed E-state index contributed by atoms with van der Waals surface area (Å²) < 4.78 is 8.25. The van der Waals surface area contributed by atoms with Crippen LogP contribution in [0.4, 0.5) is 0 Å². The van der Waals surface area contributed by atoms with E-state index in [-0.39, 0.29) is 0 Å². The zero-order chi connectivity index (χ0) is 18.9. The van der Waals surface area contributed by atoms with Gasteiger partial charge in [-0.15, -0.1) is 11.8 Å². The molecule has 5 aromatic rings.